The van der Waals surface area contributed by atoms with Crippen LogP contribution in [0.5, 0.6) is 0 Å². The summed E-state index contributed by atoms with van der Waals surface area (Å²) in [5, 5.41) is 0. The van der Waals surface area contributed by atoms with E-state index in [1.807, 2.05) is 24.3 Å². The van der Waals surface area contributed by atoms with Gasteiger partial charge in [-0.15, -0.1) is 0 Å². The van der Waals surface area contributed by atoms with Crippen LogP contribution >= 0.6 is 0 Å². The summed E-state index contributed by atoms with van der Waals surface area (Å²) in [5.74, 6) is 0.145. The Morgan fingerprint density at radius 1 is 0.326 bits per heavy atom. The molecule has 0 amide bonds. The van der Waals surface area contributed by atoms with E-state index in [9.17, 15) is 4.79 Å². The average Bonchev–Trinajstić information content (AvgIpc) is 3.09. The summed E-state index contributed by atoms with van der Waals surface area (Å²) in [4.78, 5) is 13.1. The van der Waals surface area contributed by atoms with E-state index in [2.05, 4.69) is 38.1 Å². The molecule has 0 saturated carbocycles. The third-order valence-electron chi connectivity index (χ3n) is 10.1. The molecule has 0 heterocycles. The lowest BCUT2D eigenvalue weighted by Gasteiger charge is -2.07. The number of hydrogen-bond donors (Lipinski definition) is 0. The van der Waals surface area contributed by atoms with Crippen LogP contribution in [-0.2, 0) is 12.8 Å². The molecule has 46 heavy (non-hydrogen) atoms. The SMILES string of the molecule is CCCCCCCCCCCCCCCCc1ccc(C(=O)c2ccc(CCCCCCCCCCCCCCCC)cc2)cc1. The summed E-state index contributed by atoms with van der Waals surface area (Å²) in [6.07, 6.45) is 41.4. The molecule has 260 valence electrons. The lowest BCUT2D eigenvalue weighted by molar-refractivity contribution is 0.103. The Morgan fingerprint density at radius 2 is 0.543 bits per heavy atom. The van der Waals surface area contributed by atoms with Crippen LogP contribution in [0.25, 0.3) is 0 Å². The van der Waals surface area contributed by atoms with E-state index in [0.29, 0.717) is 0 Å². The number of benzene rings is 2. The second-order valence-corrected chi connectivity index (χ2v) is 14.4. The topological polar surface area (TPSA) is 17.1 Å². The molecule has 0 aromatic heterocycles. The molecule has 0 fully saturated rings. The molecule has 0 aliphatic rings. The first kappa shape index (κ1) is 40.3. The number of rotatable bonds is 32. The quantitative estimate of drug-likeness (QED) is 0.0580. The van der Waals surface area contributed by atoms with Gasteiger partial charge in [0.2, 0.25) is 0 Å². The zero-order chi connectivity index (χ0) is 32.8. The van der Waals surface area contributed by atoms with Crippen LogP contribution in [0.3, 0.4) is 0 Å². The van der Waals surface area contributed by atoms with Crippen molar-refractivity contribution < 1.29 is 4.79 Å². The lowest BCUT2D eigenvalue weighted by atomic mass is 9.98. The fourth-order valence-electron chi connectivity index (χ4n) is 6.86. The predicted molar refractivity (Wildman–Crippen MR) is 204 cm³/mol. The maximum Gasteiger partial charge on any atom is 0.193 e. The van der Waals surface area contributed by atoms with E-state index in [-0.39, 0.29) is 5.78 Å². The van der Waals surface area contributed by atoms with Crippen LogP contribution < -0.4 is 0 Å². The van der Waals surface area contributed by atoms with Gasteiger partial charge in [0, 0.05) is 11.1 Å². The summed E-state index contributed by atoms with van der Waals surface area (Å²) >= 11 is 0. The Labute approximate surface area is 287 Å². The monoisotopic (exact) mass is 631 g/mol. The van der Waals surface area contributed by atoms with Gasteiger partial charge in [-0.2, -0.15) is 0 Å². The number of carbonyl (C=O) groups is 1. The fourth-order valence-corrected chi connectivity index (χ4v) is 6.86. The first-order chi connectivity index (χ1) is 22.7. The second kappa shape index (κ2) is 29.3. The van der Waals surface area contributed by atoms with Crippen LogP contribution in [0.15, 0.2) is 48.5 Å². The Balaban J connectivity index is 1.46. The Kier molecular flexibility index (Phi) is 25.6. The van der Waals surface area contributed by atoms with Crippen molar-refractivity contribution in [2.24, 2.45) is 0 Å². The van der Waals surface area contributed by atoms with Gasteiger partial charge in [-0.1, -0.05) is 229 Å². The van der Waals surface area contributed by atoms with Gasteiger partial charge in [-0.3, -0.25) is 4.79 Å². The molecule has 2 aromatic rings. The number of carbonyl (C=O) groups excluding carboxylic acids is 1. The highest BCUT2D eigenvalue weighted by Gasteiger charge is 2.09. The molecule has 0 N–H and O–H groups in total. The first-order valence-electron chi connectivity index (χ1n) is 20.5. The van der Waals surface area contributed by atoms with E-state index >= 15 is 0 Å². The Hall–Kier alpha value is -1.89. The summed E-state index contributed by atoms with van der Waals surface area (Å²) < 4.78 is 0. The Bertz CT molecular complexity index is 862. The van der Waals surface area contributed by atoms with Crippen molar-refractivity contribution in [1.82, 2.24) is 0 Å². The van der Waals surface area contributed by atoms with Gasteiger partial charge in [0.25, 0.3) is 0 Å². The van der Waals surface area contributed by atoms with Crippen LogP contribution in [0.2, 0.25) is 0 Å². The minimum atomic E-state index is 0.145. The average molecular weight is 631 g/mol. The van der Waals surface area contributed by atoms with Crippen molar-refractivity contribution in [2.75, 3.05) is 0 Å². The minimum Gasteiger partial charge on any atom is -0.289 e. The van der Waals surface area contributed by atoms with Gasteiger partial charge in [-0.05, 0) is 36.8 Å². The molecule has 1 heteroatoms. The van der Waals surface area contributed by atoms with Crippen molar-refractivity contribution in [3.8, 4) is 0 Å². The van der Waals surface area contributed by atoms with Crippen LogP contribution in [-0.4, -0.2) is 5.78 Å². The maximum absolute atomic E-state index is 13.1. The molecule has 0 spiro atoms. The van der Waals surface area contributed by atoms with E-state index in [1.54, 1.807) is 0 Å². The van der Waals surface area contributed by atoms with Crippen molar-refractivity contribution in [3.63, 3.8) is 0 Å². The molecule has 0 aliphatic carbocycles. The van der Waals surface area contributed by atoms with Gasteiger partial charge in [0.15, 0.2) is 5.78 Å². The molecule has 0 aliphatic heterocycles. The molecular formula is C45H74O. The number of aryl methyl sites for hydroxylation is 2. The van der Waals surface area contributed by atoms with Gasteiger partial charge >= 0.3 is 0 Å². The van der Waals surface area contributed by atoms with E-state index in [4.69, 9.17) is 0 Å². The summed E-state index contributed by atoms with van der Waals surface area (Å²) in [6, 6.07) is 16.8. The smallest absolute Gasteiger partial charge is 0.193 e. The summed E-state index contributed by atoms with van der Waals surface area (Å²) in [6.45, 7) is 4.59. The van der Waals surface area contributed by atoms with Crippen molar-refractivity contribution in [2.45, 2.75) is 206 Å². The highest BCUT2D eigenvalue weighted by Crippen LogP contribution is 2.18. The highest BCUT2D eigenvalue weighted by molar-refractivity contribution is 6.09. The third-order valence-corrected chi connectivity index (χ3v) is 10.1. The predicted octanol–water partition coefficient (Wildman–Crippen LogP) is 15.0. The van der Waals surface area contributed by atoms with Gasteiger partial charge in [-0.25, -0.2) is 0 Å². The molecule has 2 rings (SSSR count). The van der Waals surface area contributed by atoms with Crippen LogP contribution in [0, 0.1) is 0 Å². The summed E-state index contributed by atoms with van der Waals surface area (Å²) in [7, 11) is 0. The molecule has 2 aromatic carbocycles. The largest absolute Gasteiger partial charge is 0.289 e. The van der Waals surface area contributed by atoms with Gasteiger partial charge in [0.05, 0.1) is 0 Å². The second-order valence-electron chi connectivity index (χ2n) is 14.4. The number of ketones is 1. The first-order valence-corrected chi connectivity index (χ1v) is 20.5. The molecular weight excluding hydrogens is 556 g/mol. The zero-order valence-electron chi connectivity index (χ0n) is 30.7. The summed E-state index contributed by atoms with van der Waals surface area (Å²) in [5.41, 5.74) is 4.34. The minimum absolute atomic E-state index is 0.145. The molecule has 0 saturated heterocycles. The Morgan fingerprint density at radius 3 is 0.783 bits per heavy atom. The molecule has 0 atom stereocenters. The third kappa shape index (κ3) is 21.1. The van der Waals surface area contributed by atoms with Crippen molar-refractivity contribution in [3.05, 3.63) is 70.8 Å². The molecule has 1 nitrogen and oxygen atoms in total. The molecule has 0 unspecified atom stereocenters. The van der Waals surface area contributed by atoms with Crippen molar-refractivity contribution in [1.29, 1.82) is 0 Å². The standard InChI is InChI=1S/C45H74O/c1-3-5-7-9-11-13-15-17-19-21-23-25-27-29-31-41-33-37-43(38-34-41)45(46)44-39-35-42(36-40-44)32-30-28-26-24-22-20-18-16-14-12-10-8-6-4-2/h33-40H,3-32H2,1-2H3. The zero-order valence-corrected chi connectivity index (χ0v) is 30.7. The maximum atomic E-state index is 13.1. The lowest BCUT2D eigenvalue weighted by Crippen LogP contribution is -2.02. The van der Waals surface area contributed by atoms with E-state index in [0.717, 1.165) is 24.0 Å². The fraction of sp³-hybridized carbons (Fsp3) is 0.711. The van der Waals surface area contributed by atoms with Crippen LogP contribution in [0.4, 0.5) is 0 Å². The molecule has 0 radical (unpaired) electrons. The molecule has 0 bridgehead atoms. The van der Waals surface area contributed by atoms with Gasteiger partial charge < -0.3 is 0 Å². The number of hydrogen-bond acceptors (Lipinski definition) is 1. The van der Waals surface area contributed by atoms with E-state index in [1.165, 1.54) is 191 Å². The van der Waals surface area contributed by atoms with Crippen LogP contribution in [0.1, 0.15) is 221 Å². The highest BCUT2D eigenvalue weighted by atomic mass is 16.1. The van der Waals surface area contributed by atoms with Gasteiger partial charge in [0.1, 0.15) is 0 Å². The number of unbranched alkanes of at least 4 members (excludes halogenated alkanes) is 26. The van der Waals surface area contributed by atoms with Crippen molar-refractivity contribution >= 4 is 5.78 Å². The van der Waals surface area contributed by atoms with E-state index < -0.39 is 0 Å². The normalized spacial score (nSPS) is 11.3.